The van der Waals surface area contributed by atoms with Gasteiger partial charge in [0, 0.05) is 1.43 Å². The lowest BCUT2D eigenvalue weighted by molar-refractivity contribution is 0.270. The van der Waals surface area contributed by atoms with Gasteiger partial charge in [-0.1, -0.05) is 14.0 Å². The summed E-state index contributed by atoms with van der Waals surface area (Å²) in [5.41, 5.74) is 0. The summed E-state index contributed by atoms with van der Waals surface area (Å²) in [6.07, 6.45) is 0.0394. The van der Waals surface area contributed by atoms with Crippen molar-refractivity contribution in [2.45, 2.75) is 14.4 Å². The van der Waals surface area contributed by atoms with E-state index in [-0.39, 0.29) is 15.1 Å². The van der Waals surface area contributed by atoms with E-state index in [9.17, 15) is 0 Å². The molecule has 0 aromatic rings. The molecule has 6 heavy (non-hydrogen) atoms. The molecule has 0 heterocycles. The van der Waals surface area contributed by atoms with Crippen LogP contribution in [0.1, 0.15) is 17.1 Å². The third-order valence-corrected chi connectivity index (χ3v) is 0.246. The van der Waals surface area contributed by atoms with Crippen molar-refractivity contribution in [2.24, 2.45) is 0 Å². The van der Waals surface area contributed by atoms with E-state index in [0.717, 1.165) is 0 Å². The van der Waals surface area contributed by atoms with Crippen LogP contribution in [0, 0.1) is 0 Å². The molecule has 0 aliphatic carbocycles. The molecule has 0 saturated carbocycles. The van der Waals surface area contributed by atoms with Crippen LogP contribution in [0.2, 0.25) is 0 Å². The Morgan fingerprint density at radius 1 is 2.33 bits per heavy atom. The molecular weight excluding hydrogens is 76.1 g/mol. The van der Waals surface area contributed by atoms with Gasteiger partial charge in [-0.15, -0.1) is 0 Å². The molecule has 0 fully saturated rings. The smallest absolute Gasteiger partial charge is 0.103 e. The first-order chi connectivity index (χ1) is 2.77. The van der Waals surface area contributed by atoms with Crippen LogP contribution in [0.5, 0.6) is 0 Å². The van der Waals surface area contributed by atoms with Gasteiger partial charge in [0.2, 0.25) is 0 Å². The molecule has 0 N–H and O–H groups in total. The van der Waals surface area contributed by atoms with Crippen LogP contribution in [-0.2, 0) is 4.74 Å². The molecule has 0 aromatic heterocycles. The van der Waals surface area contributed by atoms with Crippen molar-refractivity contribution in [1.82, 2.24) is 0 Å². The fourth-order valence-corrected chi connectivity index (χ4v) is 0.102. The van der Waals surface area contributed by atoms with Gasteiger partial charge in [0.05, 0.1) is 12.8 Å². The van der Waals surface area contributed by atoms with E-state index in [0.29, 0.717) is 6.61 Å². The number of rotatable bonds is 2. The molecular formula is C5H14O. The summed E-state index contributed by atoms with van der Waals surface area (Å²) in [6, 6.07) is 0. The molecule has 40 valence electrons. The van der Waals surface area contributed by atoms with Crippen LogP contribution in [0.15, 0.2) is 12.8 Å². The van der Waals surface area contributed by atoms with E-state index < -0.39 is 0 Å². The molecule has 0 atom stereocenters. The van der Waals surface area contributed by atoms with Crippen molar-refractivity contribution >= 4 is 0 Å². The first kappa shape index (κ1) is 5.54. The summed E-state index contributed by atoms with van der Waals surface area (Å²) in [7, 11) is 0. The Morgan fingerprint density at radius 3 is 2.83 bits per heavy atom. The Labute approximate surface area is 42.5 Å². The second kappa shape index (κ2) is 8.82. The lowest BCUT2D eigenvalue weighted by Crippen LogP contribution is -1.72. The van der Waals surface area contributed by atoms with Gasteiger partial charge in [-0.2, -0.15) is 0 Å². The molecule has 0 aliphatic heterocycles. The van der Waals surface area contributed by atoms with E-state index in [1.54, 1.807) is 0 Å². The molecule has 0 unspecified atom stereocenters. The van der Waals surface area contributed by atoms with Gasteiger partial charge in [-0.05, 0) is 6.92 Å². The standard InChI is InChI=1S/C4H8O.CH4.H2/c1-3-5-4-2;;/h3H,1,4H2,2H3;1H4;1H/i3D;;1+2. The van der Waals surface area contributed by atoms with Crippen LogP contribution in [-0.4, -0.2) is 6.61 Å². The highest BCUT2D eigenvalue weighted by atomic mass is 16.5. The Bertz CT molecular complexity index is 54.4. The molecule has 0 saturated heterocycles. The highest BCUT2D eigenvalue weighted by Gasteiger charge is 1.55. The zero-order chi connectivity index (χ0) is 4.99. The van der Waals surface area contributed by atoms with Gasteiger partial charge in [-0.25, -0.2) is 0 Å². The fourth-order valence-electron chi connectivity index (χ4n) is 0.102. The SMILES string of the molecule is C.[2H]C(=C)OCC.[3HH]. The van der Waals surface area contributed by atoms with Crippen molar-refractivity contribution in [2.75, 3.05) is 6.61 Å². The first-order valence-corrected chi connectivity index (χ1v) is 1.55. The monoisotopic (exact) mass is 93.1 g/mol. The van der Waals surface area contributed by atoms with Crippen molar-refractivity contribution in [3.63, 3.8) is 0 Å². The summed E-state index contributed by atoms with van der Waals surface area (Å²) < 4.78 is 11.1. The largest absolute Gasteiger partial charge is 0.502 e. The summed E-state index contributed by atoms with van der Waals surface area (Å²) in [5, 5.41) is 0. The quantitative estimate of drug-likeness (QED) is 0.475. The Kier molecular flexibility index (Phi) is 8.14. The molecule has 0 amide bonds. The Morgan fingerprint density at radius 2 is 2.83 bits per heavy atom. The Balaban J connectivity index is -0.000000125. The van der Waals surface area contributed by atoms with Crippen molar-refractivity contribution in [1.29, 1.82) is 0 Å². The normalized spacial score (nSPS) is 7.83. The lowest BCUT2D eigenvalue weighted by Gasteiger charge is -1.84. The second-order valence-corrected chi connectivity index (χ2v) is 0.577. The van der Waals surface area contributed by atoms with Gasteiger partial charge in [-0.3, -0.25) is 0 Å². The predicted octanol–water partition coefficient (Wildman–Crippen LogP) is 2.05. The predicted molar refractivity (Wildman–Crippen MR) is 30.7 cm³/mol. The van der Waals surface area contributed by atoms with Crippen LogP contribution >= 0.6 is 0 Å². The first-order valence-electron chi connectivity index (χ1n) is 2.05. The lowest BCUT2D eigenvalue weighted by atomic mass is 10.9. The van der Waals surface area contributed by atoms with E-state index in [2.05, 4.69) is 11.3 Å². The average Bonchev–Trinajstić information content (AvgIpc) is 1.35. The topological polar surface area (TPSA) is 9.23 Å². The molecule has 0 spiro atoms. The number of hydrogen-bond donors (Lipinski definition) is 0. The molecule has 1 nitrogen and oxygen atoms in total. The minimum atomic E-state index is 0. The zero-order valence-corrected chi connectivity index (χ0v) is 3.32. The van der Waals surface area contributed by atoms with E-state index in [4.69, 9.17) is 1.37 Å². The summed E-state index contributed by atoms with van der Waals surface area (Å²) >= 11 is 0. The van der Waals surface area contributed by atoms with Gasteiger partial charge in [0.15, 0.2) is 0 Å². The zero-order valence-electron chi connectivity index (χ0n) is 4.32. The van der Waals surface area contributed by atoms with Gasteiger partial charge in [0.1, 0.15) is 1.37 Å². The second-order valence-electron chi connectivity index (χ2n) is 0.577. The molecule has 0 aromatic carbocycles. The summed E-state index contributed by atoms with van der Waals surface area (Å²) in [5.74, 6) is 0. The number of hydrogen-bond acceptors (Lipinski definition) is 1. The third kappa shape index (κ3) is 9.63. The van der Waals surface area contributed by atoms with Crippen LogP contribution in [0.25, 0.3) is 0 Å². The maximum atomic E-state index is 6.56. The minimum absolute atomic E-state index is 0. The highest BCUT2D eigenvalue weighted by Crippen LogP contribution is 1.65. The van der Waals surface area contributed by atoms with E-state index >= 15 is 0 Å². The van der Waals surface area contributed by atoms with Crippen LogP contribution < -0.4 is 0 Å². The average molecular weight is 93.2 g/mol. The van der Waals surface area contributed by atoms with Gasteiger partial charge in [0.25, 0.3) is 0 Å². The molecule has 0 radical (unpaired) electrons. The van der Waals surface area contributed by atoms with Crippen LogP contribution in [0.4, 0.5) is 0 Å². The minimum Gasteiger partial charge on any atom is -0.502 e. The van der Waals surface area contributed by atoms with Crippen LogP contribution in [0.3, 0.4) is 0 Å². The summed E-state index contributed by atoms with van der Waals surface area (Å²) in [6.45, 7) is 5.55. The molecule has 0 bridgehead atoms. The maximum absolute atomic E-state index is 6.56. The van der Waals surface area contributed by atoms with Crippen molar-refractivity contribution < 1.29 is 7.53 Å². The Hall–Kier alpha value is -0.460. The highest BCUT2D eigenvalue weighted by molar-refractivity contribution is 4.45. The fraction of sp³-hybridized carbons (Fsp3) is 0.600. The van der Waals surface area contributed by atoms with Gasteiger partial charge < -0.3 is 4.74 Å². The molecule has 1 heteroatoms. The van der Waals surface area contributed by atoms with Crippen molar-refractivity contribution in [3.05, 3.63) is 12.8 Å². The van der Waals surface area contributed by atoms with Gasteiger partial charge >= 0.3 is 0 Å². The molecule has 0 rings (SSSR count). The molecule has 0 aliphatic rings. The summed E-state index contributed by atoms with van der Waals surface area (Å²) in [4.78, 5) is 0. The number of ether oxygens (including phenoxy) is 1. The van der Waals surface area contributed by atoms with E-state index in [1.165, 1.54) is 0 Å². The van der Waals surface area contributed by atoms with Crippen molar-refractivity contribution in [3.8, 4) is 0 Å². The maximum Gasteiger partial charge on any atom is 0.103 e. The van der Waals surface area contributed by atoms with E-state index in [1.807, 2.05) is 6.92 Å². The third-order valence-electron chi connectivity index (χ3n) is 0.246.